The monoisotopic (exact) mass is 272 g/mol. The molecule has 0 aromatic heterocycles. The molecule has 20 heavy (non-hydrogen) atoms. The number of nitrogens with zero attached hydrogens (tertiary/aromatic N) is 1. The molecule has 3 rings (SSSR count). The van der Waals surface area contributed by atoms with Gasteiger partial charge in [-0.1, -0.05) is 57.0 Å². The average molecular weight is 272 g/mol. The Labute approximate surface area is 121 Å². The van der Waals surface area contributed by atoms with E-state index < -0.39 is 0 Å². The maximum atomic E-state index is 12.7. The largest absolute Gasteiger partial charge is 0.321 e. The number of carbonyl (C=O) groups excluding carboxylic acids is 1. The number of benzene rings is 1. The second-order valence-corrected chi connectivity index (χ2v) is 6.18. The number of amides is 1. The maximum absolute atomic E-state index is 12.7. The van der Waals surface area contributed by atoms with E-state index in [-0.39, 0.29) is 11.7 Å². The lowest BCUT2D eigenvalue weighted by Gasteiger charge is -2.28. The van der Waals surface area contributed by atoms with Crippen molar-refractivity contribution in [3.63, 3.8) is 0 Å². The van der Waals surface area contributed by atoms with E-state index in [2.05, 4.69) is 48.3 Å². The Kier molecular flexibility index (Phi) is 3.55. The number of nitrogens with one attached hydrogen (secondary N) is 1. The zero-order valence-electron chi connectivity index (χ0n) is 12.4. The summed E-state index contributed by atoms with van der Waals surface area (Å²) in [4.78, 5) is 14.8. The molecule has 108 valence electrons. The van der Waals surface area contributed by atoms with Crippen molar-refractivity contribution in [1.29, 1.82) is 0 Å². The van der Waals surface area contributed by atoms with Crippen LogP contribution in [0.1, 0.15) is 51.3 Å². The average Bonchev–Trinajstić information content (AvgIpc) is 3.22. The SMILES string of the molecule is CCC(CC)CN1C(=O)C2(CC2)NC1c1ccccc1. The molecular weight excluding hydrogens is 248 g/mol. The summed E-state index contributed by atoms with van der Waals surface area (Å²) in [5.41, 5.74) is 0.975. The quantitative estimate of drug-likeness (QED) is 0.893. The first-order valence-corrected chi connectivity index (χ1v) is 7.84. The summed E-state index contributed by atoms with van der Waals surface area (Å²) < 4.78 is 0. The normalized spacial score (nSPS) is 23.9. The third-order valence-electron chi connectivity index (χ3n) is 4.87. The van der Waals surface area contributed by atoms with Crippen LogP contribution >= 0.6 is 0 Å². The van der Waals surface area contributed by atoms with Gasteiger partial charge in [-0.25, -0.2) is 0 Å². The molecule has 1 unspecified atom stereocenters. The predicted octanol–water partition coefficient (Wildman–Crippen LogP) is 3.09. The molecule has 1 heterocycles. The van der Waals surface area contributed by atoms with Gasteiger partial charge in [-0.2, -0.15) is 0 Å². The Morgan fingerprint density at radius 3 is 2.45 bits per heavy atom. The minimum Gasteiger partial charge on any atom is -0.321 e. The molecule has 1 aliphatic carbocycles. The van der Waals surface area contributed by atoms with Crippen molar-refractivity contribution in [2.24, 2.45) is 5.92 Å². The van der Waals surface area contributed by atoms with Gasteiger partial charge in [0.15, 0.2) is 0 Å². The van der Waals surface area contributed by atoms with Crippen LogP contribution in [0.4, 0.5) is 0 Å². The zero-order valence-corrected chi connectivity index (χ0v) is 12.4. The molecule has 2 aliphatic rings. The van der Waals surface area contributed by atoms with Crippen LogP contribution in [0.15, 0.2) is 30.3 Å². The number of hydrogen-bond donors (Lipinski definition) is 1. The van der Waals surface area contributed by atoms with E-state index in [1.807, 2.05) is 6.07 Å². The van der Waals surface area contributed by atoms with Crippen molar-refractivity contribution in [3.05, 3.63) is 35.9 Å². The van der Waals surface area contributed by atoms with Gasteiger partial charge in [-0.05, 0) is 24.3 Å². The predicted molar refractivity (Wildman–Crippen MR) is 80.1 cm³/mol. The van der Waals surface area contributed by atoms with Crippen LogP contribution < -0.4 is 5.32 Å². The van der Waals surface area contributed by atoms with E-state index in [9.17, 15) is 4.79 Å². The summed E-state index contributed by atoms with van der Waals surface area (Å²) in [6.45, 7) is 5.30. The van der Waals surface area contributed by atoms with E-state index in [1.165, 1.54) is 5.56 Å². The maximum Gasteiger partial charge on any atom is 0.244 e. The lowest BCUT2D eigenvalue weighted by molar-refractivity contribution is -0.131. The van der Waals surface area contributed by atoms with Crippen LogP contribution in [0.3, 0.4) is 0 Å². The van der Waals surface area contributed by atoms with E-state index >= 15 is 0 Å². The van der Waals surface area contributed by atoms with Crippen LogP contribution in [0.5, 0.6) is 0 Å². The number of rotatable bonds is 5. The minimum atomic E-state index is -0.230. The highest BCUT2D eigenvalue weighted by atomic mass is 16.2. The molecule has 3 heteroatoms. The number of carbonyl (C=O) groups is 1. The van der Waals surface area contributed by atoms with E-state index in [0.29, 0.717) is 11.8 Å². The summed E-state index contributed by atoms with van der Waals surface area (Å²) in [7, 11) is 0. The molecule has 1 aliphatic heterocycles. The van der Waals surface area contributed by atoms with Crippen molar-refractivity contribution in [3.8, 4) is 0 Å². The first-order valence-electron chi connectivity index (χ1n) is 7.84. The Morgan fingerprint density at radius 2 is 1.90 bits per heavy atom. The van der Waals surface area contributed by atoms with Crippen LogP contribution in [-0.2, 0) is 4.79 Å². The van der Waals surface area contributed by atoms with Crippen LogP contribution in [0, 0.1) is 5.92 Å². The van der Waals surface area contributed by atoms with Gasteiger partial charge in [0.2, 0.25) is 5.91 Å². The van der Waals surface area contributed by atoms with Gasteiger partial charge in [0.25, 0.3) is 0 Å². The Bertz CT molecular complexity index is 477. The Balaban J connectivity index is 1.85. The van der Waals surface area contributed by atoms with Crippen molar-refractivity contribution in [2.45, 2.75) is 51.2 Å². The van der Waals surface area contributed by atoms with Gasteiger partial charge in [0, 0.05) is 6.54 Å². The fourth-order valence-electron chi connectivity index (χ4n) is 3.19. The zero-order chi connectivity index (χ0) is 14.2. The highest BCUT2D eigenvalue weighted by Crippen LogP contribution is 2.46. The second-order valence-electron chi connectivity index (χ2n) is 6.18. The summed E-state index contributed by atoms with van der Waals surface area (Å²) in [6, 6.07) is 10.4. The van der Waals surface area contributed by atoms with E-state index in [0.717, 1.165) is 32.2 Å². The van der Waals surface area contributed by atoms with Crippen molar-refractivity contribution in [1.82, 2.24) is 10.2 Å². The van der Waals surface area contributed by atoms with Crippen LogP contribution in [0.25, 0.3) is 0 Å². The lowest BCUT2D eigenvalue weighted by Crippen LogP contribution is -2.35. The van der Waals surface area contributed by atoms with Crippen molar-refractivity contribution >= 4 is 5.91 Å². The molecule has 1 saturated carbocycles. The standard InChI is InChI=1S/C17H24N2O/c1-3-13(4-2)12-19-15(14-8-6-5-7-9-14)18-17(10-11-17)16(19)20/h5-9,13,15,18H,3-4,10-12H2,1-2H3. The van der Waals surface area contributed by atoms with Crippen molar-refractivity contribution < 1.29 is 4.79 Å². The Hall–Kier alpha value is -1.35. The highest BCUT2D eigenvalue weighted by molar-refractivity contribution is 5.92. The van der Waals surface area contributed by atoms with Gasteiger partial charge < -0.3 is 4.90 Å². The molecule has 0 bridgehead atoms. The molecule has 2 fully saturated rings. The highest BCUT2D eigenvalue weighted by Gasteiger charge is 2.59. The molecular formula is C17H24N2O. The van der Waals surface area contributed by atoms with Gasteiger partial charge in [-0.3, -0.25) is 10.1 Å². The summed E-state index contributed by atoms with van der Waals surface area (Å²) in [6.07, 6.45) is 4.32. The van der Waals surface area contributed by atoms with E-state index in [1.54, 1.807) is 0 Å². The van der Waals surface area contributed by atoms with Gasteiger partial charge in [0.1, 0.15) is 11.7 Å². The molecule has 1 amide bonds. The summed E-state index contributed by atoms with van der Waals surface area (Å²) in [5.74, 6) is 0.916. The lowest BCUT2D eigenvalue weighted by atomic mass is 10.0. The second kappa shape index (κ2) is 5.21. The molecule has 0 radical (unpaired) electrons. The molecule has 1 aromatic carbocycles. The van der Waals surface area contributed by atoms with Gasteiger partial charge >= 0.3 is 0 Å². The fourth-order valence-corrected chi connectivity index (χ4v) is 3.19. The number of hydrogen-bond acceptors (Lipinski definition) is 2. The molecule has 1 aromatic rings. The van der Waals surface area contributed by atoms with E-state index in [4.69, 9.17) is 0 Å². The molecule has 1 atom stereocenters. The molecule has 1 saturated heterocycles. The molecule has 3 nitrogen and oxygen atoms in total. The van der Waals surface area contributed by atoms with Crippen LogP contribution in [-0.4, -0.2) is 22.9 Å². The van der Waals surface area contributed by atoms with Gasteiger partial charge in [-0.15, -0.1) is 0 Å². The minimum absolute atomic E-state index is 0.0619. The molecule has 1 N–H and O–H groups in total. The summed E-state index contributed by atoms with van der Waals surface area (Å²) in [5, 5.41) is 3.59. The smallest absolute Gasteiger partial charge is 0.244 e. The topological polar surface area (TPSA) is 32.3 Å². The summed E-state index contributed by atoms with van der Waals surface area (Å²) >= 11 is 0. The van der Waals surface area contributed by atoms with Crippen molar-refractivity contribution in [2.75, 3.05) is 6.54 Å². The third kappa shape index (κ3) is 2.24. The van der Waals surface area contributed by atoms with Crippen LogP contribution in [0.2, 0.25) is 0 Å². The third-order valence-corrected chi connectivity index (χ3v) is 4.87. The fraction of sp³-hybridized carbons (Fsp3) is 0.588. The van der Waals surface area contributed by atoms with Gasteiger partial charge in [0.05, 0.1) is 0 Å². The first-order chi connectivity index (χ1) is 9.70. The first kappa shape index (κ1) is 13.6. The Morgan fingerprint density at radius 1 is 1.25 bits per heavy atom. The molecule has 1 spiro atoms.